The molecule has 0 radical (unpaired) electrons. The van der Waals surface area contributed by atoms with E-state index in [0.29, 0.717) is 29.4 Å². The third-order valence-electron chi connectivity index (χ3n) is 5.86. The van der Waals surface area contributed by atoms with E-state index < -0.39 is 0 Å². The van der Waals surface area contributed by atoms with E-state index >= 15 is 0 Å². The third-order valence-corrected chi connectivity index (χ3v) is 5.86. The van der Waals surface area contributed by atoms with Crippen molar-refractivity contribution in [2.45, 2.75) is 110 Å². The monoisotopic (exact) mass is 434 g/mol. The Morgan fingerprint density at radius 2 is 1.03 bits per heavy atom. The Kier molecular flexibility index (Phi) is 16.8. The van der Waals surface area contributed by atoms with E-state index in [1.807, 2.05) is 0 Å². The Bertz CT molecular complexity index is 545. The summed E-state index contributed by atoms with van der Waals surface area (Å²) in [7, 11) is 3.15. The first kappa shape index (κ1) is 27.3. The minimum absolute atomic E-state index is 0.517. The second-order valence-electron chi connectivity index (χ2n) is 8.52. The van der Waals surface area contributed by atoms with Gasteiger partial charge in [0.1, 0.15) is 6.29 Å². The van der Waals surface area contributed by atoms with Crippen LogP contribution in [0.3, 0.4) is 0 Å². The quantitative estimate of drug-likeness (QED) is 0.145. The van der Waals surface area contributed by atoms with E-state index in [4.69, 9.17) is 14.2 Å². The maximum Gasteiger partial charge on any atom is 0.203 e. The van der Waals surface area contributed by atoms with Crippen LogP contribution in [0.4, 0.5) is 0 Å². The SMILES string of the molecule is CCCCCCCCCCCCCCCCCCOc1c(OC)cc(C=O)cc1OC. The van der Waals surface area contributed by atoms with E-state index in [0.717, 1.165) is 12.7 Å². The van der Waals surface area contributed by atoms with E-state index in [1.54, 1.807) is 26.4 Å². The molecule has 0 bridgehead atoms. The largest absolute Gasteiger partial charge is 0.493 e. The van der Waals surface area contributed by atoms with Crippen LogP contribution in [0.1, 0.15) is 120 Å². The lowest BCUT2D eigenvalue weighted by Gasteiger charge is -2.15. The first-order valence-electron chi connectivity index (χ1n) is 12.6. The van der Waals surface area contributed by atoms with Gasteiger partial charge in [-0.3, -0.25) is 4.79 Å². The fourth-order valence-corrected chi connectivity index (χ4v) is 3.93. The molecule has 1 rings (SSSR count). The summed E-state index contributed by atoms with van der Waals surface area (Å²) in [6.07, 6.45) is 22.4. The highest BCUT2D eigenvalue weighted by Gasteiger charge is 2.13. The number of rotatable bonds is 21. The van der Waals surface area contributed by atoms with Gasteiger partial charge < -0.3 is 14.2 Å². The molecule has 4 heteroatoms. The summed E-state index contributed by atoms with van der Waals surface area (Å²) >= 11 is 0. The second-order valence-corrected chi connectivity index (χ2v) is 8.52. The molecular formula is C27H46O4. The molecule has 0 amide bonds. The lowest BCUT2D eigenvalue weighted by molar-refractivity contribution is 0.112. The van der Waals surface area contributed by atoms with Gasteiger partial charge in [-0.05, 0) is 18.6 Å². The number of hydrogen-bond acceptors (Lipinski definition) is 4. The summed E-state index contributed by atoms with van der Waals surface area (Å²) in [5.41, 5.74) is 0.517. The summed E-state index contributed by atoms with van der Waals surface area (Å²) in [6.45, 7) is 2.91. The van der Waals surface area contributed by atoms with Gasteiger partial charge in [0, 0.05) is 5.56 Å². The predicted molar refractivity (Wildman–Crippen MR) is 130 cm³/mol. The number of aldehydes is 1. The zero-order chi connectivity index (χ0) is 22.6. The lowest BCUT2D eigenvalue weighted by Crippen LogP contribution is -2.02. The van der Waals surface area contributed by atoms with Crippen molar-refractivity contribution in [3.63, 3.8) is 0 Å². The number of ether oxygens (including phenoxy) is 3. The lowest BCUT2D eigenvalue weighted by atomic mass is 10.0. The van der Waals surface area contributed by atoms with Gasteiger partial charge in [-0.1, -0.05) is 103 Å². The summed E-state index contributed by atoms with van der Waals surface area (Å²) in [4.78, 5) is 11.0. The highest BCUT2D eigenvalue weighted by molar-refractivity contribution is 5.78. The first-order valence-corrected chi connectivity index (χ1v) is 12.6. The van der Waals surface area contributed by atoms with Crippen molar-refractivity contribution in [3.8, 4) is 17.2 Å². The number of carbonyl (C=O) groups excluding carboxylic acids is 1. The Labute approximate surface area is 191 Å². The molecule has 0 aliphatic rings. The van der Waals surface area contributed by atoms with Crippen LogP contribution in [0, 0.1) is 0 Å². The number of benzene rings is 1. The fourth-order valence-electron chi connectivity index (χ4n) is 3.93. The number of unbranched alkanes of at least 4 members (excludes halogenated alkanes) is 15. The Morgan fingerprint density at radius 1 is 0.645 bits per heavy atom. The van der Waals surface area contributed by atoms with Crippen LogP contribution in [-0.2, 0) is 0 Å². The van der Waals surface area contributed by atoms with Crippen LogP contribution in [0.5, 0.6) is 17.2 Å². The zero-order valence-corrected chi connectivity index (χ0v) is 20.4. The molecule has 0 aliphatic carbocycles. The van der Waals surface area contributed by atoms with Crippen molar-refractivity contribution < 1.29 is 19.0 Å². The van der Waals surface area contributed by atoms with Crippen LogP contribution in [-0.4, -0.2) is 27.1 Å². The molecule has 1 aromatic carbocycles. The van der Waals surface area contributed by atoms with Crippen molar-refractivity contribution >= 4 is 6.29 Å². The summed E-state index contributed by atoms with van der Waals surface area (Å²) in [5, 5.41) is 0. The van der Waals surface area contributed by atoms with Gasteiger partial charge in [-0.25, -0.2) is 0 Å². The molecule has 31 heavy (non-hydrogen) atoms. The summed E-state index contributed by atoms with van der Waals surface area (Å²) < 4.78 is 16.6. The van der Waals surface area contributed by atoms with E-state index in [-0.39, 0.29) is 0 Å². The van der Waals surface area contributed by atoms with Gasteiger partial charge in [-0.2, -0.15) is 0 Å². The standard InChI is InChI=1S/C27H46O4/c1-4-5-6-7-8-9-10-11-12-13-14-15-16-17-18-19-20-31-27-25(29-2)21-24(23-28)22-26(27)30-3/h21-23H,4-20H2,1-3H3. The van der Waals surface area contributed by atoms with E-state index in [1.165, 1.54) is 96.3 Å². The van der Waals surface area contributed by atoms with Gasteiger partial charge in [0.05, 0.1) is 20.8 Å². The number of carbonyl (C=O) groups is 1. The molecule has 0 N–H and O–H groups in total. The average molecular weight is 435 g/mol. The van der Waals surface area contributed by atoms with E-state index in [9.17, 15) is 4.79 Å². The normalized spacial score (nSPS) is 10.8. The maximum absolute atomic E-state index is 11.0. The highest BCUT2D eigenvalue weighted by atomic mass is 16.5. The van der Waals surface area contributed by atoms with Crippen molar-refractivity contribution in [2.24, 2.45) is 0 Å². The molecule has 0 unspecified atom stereocenters. The molecule has 0 heterocycles. The van der Waals surface area contributed by atoms with Gasteiger partial charge in [-0.15, -0.1) is 0 Å². The topological polar surface area (TPSA) is 44.8 Å². The van der Waals surface area contributed by atoms with Gasteiger partial charge in [0.25, 0.3) is 0 Å². The van der Waals surface area contributed by atoms with Crippen LogP contribution < -0.4 is 14.2 Å². The Balaban J connectivity index is 1.99. The second kappa shape index (κ2) is 19.0. The molecule has 4 nitrogen and oxygen atoms in total. The molecule has 0 saturated heterocycles. The van der Waals surface area contributed by atoms with Crippen LogP contribution in [0.25, 0.3) is 0 Å². The van der Waals surface area contributed by atoms with Crippen molar-refractivity contribution in [2.75, 3.05) is 20.8 Å². The molecule has 0 aliphatic heterocycles. The van der Waals surface area contributed by atoms with Gasteiger partial charge >= 0.3 is 0 Å². The summed E-state index contributed by atoms with van der Waals surface area (Å²) in [5.74, 6) is 1.66. The van der Waals surface area contributed by atoms with Gasteiger partial charge in [0.2, 0.25) is 5.75 Å². The summed E-state index contributed by atoms with van der Waals surface area (Å²) in [6, 6.07) is 3.36. The average Bonchev–Trinajstić information content (AvgIpc) is 2.80. The Hall–Kier alpha value is -1.71. The van der Waals surface area contributed by atoms with Crippen molar-refractivity contribution in [3.05, 3.63) is 17.7 Å². The molecule has 178 valence electrons. The first-order chi connectivity index (χ1) is 15.3. The Morgan fingerprint density at radius 3 is 1.39 bits per heavy atom. The maximum atomic E-state index is 11.0. The van der Waals surface area contributed by atoms with Crippen LogP contribution >= 0.6 is 0 Å². The molecule has 1 aromatic rings. The molecule has 0 fully saturated rings. The number of hydrogen-bond donors (Lipinski definition) is 0. The molecule has 0 atom stereocenters. The highest BCUT2D eigenvalue weighted by Crippen LogP contribution is 2.38. The third kappa shape index (κ3) is 12.7. The molecule has 0 spiro atoms. The fraction of sp³-hybridized carbons (Fsp3) is 0.741. The molecular weight excluding hydrogens is 388 g/mol. The minimum Gasteiger partial charge on any atom is -0.493 e. The minimum atomic E-state index is 0.517. The predicted octanol–water partition coefficient (Wildman–Crippen LogP) is 8.16. The smallest absolute Gasteiger partial charge is 0.203 e. The van der Waals surface area contributed by atoms with Gasteiger partial charge in [0.15, 0.2) is 11.5 Å². The molecule has 0 saturated carbocycles. The van der Waals surface area contributed by atoms with Crippen molar-refractivity contribution in [1.29, 1.82) is 0 Å². The van der Waals surface area contributed by atoms with Crippen LogP contribution in [0.2, 0.25) is 0 Å². The van der Waals surface area contributed by atoms with E-state index in [2.05, 4.69) is 6.92 Å². The zero-order valence-electron chi connectivity index (χ0n) is 20.4. The van der Waals surface area contributed by atoms with Crippen molar-refractivity contribution in [1.82, 2.24) is 0 Å². The van der Waals surface area contributed by atoms with Crippen LogP contribution in [0.15, 0.2) is 12.1 Å². The molecule has 0 aromatic heterocycles. The number of methoxy groups -OCH3 is 2.